The molecule has 0 fully saturated rings. The van der Waals surface area contributed by atoms with Gasteiger partial charge in [0.2, 0.25) is 0 Å². The third kappa shape index (κ3) is 4.36. The zero-order chi connectivity index (χ0) is 18.4. The van der Waals surface area contributed by atoms with E-state index in [0.717, 1.165) is 18.6 Å². The van der Waals surface area contributed by atoms with E-state index in [1.54, 1.807) is 12.1 Å². The molecule has 0 aromatic heterocycles. The lowest BCUT2D eigenvalue weighted by Crippen LogP contribution is -2.32. The Morgan fingerprint density at radius 1 is 1.08 bits per heavy atom. The third-order valence-corrected chi connectivity index (χ3v) is 5.53. The van der Waals surface area contributed by atoms with Gasteiger partial charge in [0.25, 0.3) is 10.0 Å². The van der Waals surface area contributed by atoms with Gasteiger partial charge in [0.05, 0.1) is 23.3 Å². The summed E-state index contributed by atoms with van der Waals surface area (Å²) in [6.45, 7) is 2.25. The van der Waals surface area contributed by atoms with Crippen LogP contribution in [-0.2, 0) is 14.8 Å². The molecular weight excluding hydrogens is 345 g/mol. The highest BCUT2D eigenvalue weighted by atomic mass is 32.2. The van der Waals surface area contributed by atoms with Crippen LogP contribution < -0.4 is 4.31 Å². The van der Waals surface area contributed by atoms with Gasteiger partial charge in [-0.05, 0) is 55.0 Å². The van der Waals surface area contributed by atoms with Crippen molar-refractivity contribution in [2.45, 2.75) is 24.7 Å². The predicted molar refractivity (Wildman–Crippen MR) is 93.6 cm³/mol. The predicted octanol–water partition coefficient (Wildman–Crippen LogP) is 3.61. The standard InChI is InChI=1S/C18H20FNO4S/c1-3-4-13-20(16-9-5-14(6-10-16)18(21)24-2)25(22,23)17-11-7-15(19)8-12-17/h5-12H,3-4,13H2,1-2H3. The fourth-order valence-corrected chi connectivity index (χ4v) is 3.81. The van der Waals surface area contributed by atoms with Crippen molar-refractivity contribution in [2.24, 2.45) is 0 Å². The van der Waals surface area contributed by atoms with Crippen molar-refractivity contribution in [2.75, 3.05) is 18.0 Å². The number of nitrogens with zero attached hydrogens (tertiary/aromatic N) is 1. The number of carbonyl (C=O) groups excluding carboxylic acids is 1. The first-order valence-corrected chi connectivity index (χ1v) is 9.31. The van der Waals surface area contributed by atoms with Crippen LogP contribution >= 0.6 is 0 Å². The Balaban J connectivity index is 2.41. The van der Waals surface area contributed by atoms with Crippen LogP contribution in [0.4, 0.5) is 10.1 Å². The number of halogens is 1. The largest absolute Gasteiger partial charge is 0.465 e. The highest BCUT2D eigenvalue weighted by molar-refractivity contribution is 7.92. The number of benzene rings is 2. The third-order valence-electron chi connectivity index (χ3n) is 3.69. The molecule has 0 radical (unpaired) electrons. The second-order valence-corrected chi connectivity index (χ2v) is 7.29. The summed E-state index contributed by atoms with van der Waals surface area (Å²) in [6, 6.07) is 10.9. The molecule has 2 aromatic rings. The van der Waals surface area contributed by atoms with Crippen molar-refractivity contribution in [3.05, 3.63) is 59.9 Å². The Kier molecular flexibility index (Phi) is 6.14. The number of hydrogen-bond acceptors (Lipinski definition) is 4. The maximum absolute atomic E-state index is 13.1. The van der Waals surface area contributed by atoms with Crippen LogP contribution in [0.3, 0.4) is 0 Å². The molecule has 0 N–H and O–H groups in total. The molecule has 0 saturated carbocycles. The minimum absolute atomic E-state index is 0.0158. The van der Waals surface area contributed by atoms with Crippen LogP contribution in [0.25, 0.3) is 0 Å². The van der Waals surface area contributed by atoms with Gasteiger partial charge in [-0.1, -0.05) is 13.3 Å². The van der Waals surface area contributed by atoms with Gasteiger partial charge in [0.15, 0.2) is 0 Å². The number of carbonyl (C=O) groups is 1. The maximum atomic E-state index is 13.1. The summed E-state index contributed by atoms with van der Waals surface area (Å²) in [7, 11) is -2.55. The van der Waals surface area contributed by atoms with Gasteiger partial charge in [0, 0.05) is 6.54 Å². The molecule has 0 saturated heterocycles. The average Bonchev–Trinajstić information content (AvgIpc) is 2.62. The first kappa shape index (κ1) is 18.9. The summed E-state index contributed by atoms with van der Waals surface area (Å²) in [5.74, 6) is -0.991. The van der Waals surface area contributed by atoms with Gasteiger partial charge >= 0.3 is 5.97 Å². The van der Waals surface area contributed by atoms with Gasteiger partial charge in [-0.25, -0.2) is 17.6 Å². The highest BCUT2D eigenvalue weighted by Crippen LogP contribution is 2.25. The monoisotopic (exact) mass is 365 g/mol. The lowest BCUT2D eigenvalue weighted by Gasteiger charge is -2.24. The maximum Gasteiger partial charge on any atom is 0.337 e. The highest BCUT2D eigenvalue weighted by Gasteiger charge is 2.24. The topological polar surface area (TPSA) is 63.7 Å². The normalized spacial score (nSPS) is 11.2. The first-order chi connectivity index (χ1) is 11.9. The SMILES string of the molecule is CCCCN(c1ccc(C(=O)OC)cc1)S(=O)(=O)c1ccc(F)cc1. The molecule has 0 amide bonds. The molecule has 0 atom stereocenters. The quantitative estimate of drug-likeness (QED) is 0.703. The molecule has 2 rings (SSSR count). The van der Waals surface area contributed by atoms with E-state index in [9.17, 15) is 17.6 Å². The zero-order valence-electron chi connectivity index (χ0n) is 14.1. The Hall–Kier alpha value is -2.41. The van der Waals surface area contributed by atoms with E-state index >= 15 is 0 Å². The van der Waals surface area contributed by atoms with E-state index in [-0.39, 0.29) is 11.4 Å². The van der Waals surface area contributed by atoms with Crippen LogP contribution in [0, 0.1) is 5.82 Å². The van der Waals surface area contributed by atoms with Crippen molar-refractivity contribution < 1.29 is 22.3 Å². The molecule has 0 bridgehead atoms. The summed E-state index contributed by atoms with van der Waals surface area (Å²) in [6.07, 6.45) is 1.48. The van der Waals surface area contributed by atoms with E-state index in [2.05, 4.69) is 4.74 Å². The van der Waals surface area contributed by atoms with Crippen molar-refractivity contribution in [3.8, 4) is 0 Å². The molecule has 5 nitrogen and oxygen atoms in total. The van der Waals surface area contributed by atoms with Gasteiger partial charge in [-0.3, -0.25) is 4.31 Å². The molecule has 0 spiro atoms. The summed E-state index contributed by atoms with van der Waals surface area (Å²) in [5.41, 5.74) is 0.770. The van der Waals surface area contributed by atoms with Crippen LogP contribution in [-0.4, -0.2) is 28.0 Å². The van der Waals surface area contributed by atoms with Gasteiger partial charge < -0.3 is 4.74 Å². The lowest BCUT2D eigenvalue weighted by atomic mass is 10.2. The van der Waals surface area contributed by atoms with Gasteiger partial charge in [-0.15, -0.1) is 0 Å². The van der Waals surface area contributed by atoms with Crippen molar-refractivity contribution >= 4 is 21.7 Å². The second kappa shape index (κ2) is 8.11. The Morgan fingerprint density at radius 2 is 1.68 bits per heavy atom. The molecule has 7 heteroatoms. The van der Waals surface area contributed by atoms with Crippen molar-refractivity contribution in [3.63, 3.8) is 0 Å². The molecule has 0 aliphatic carbocycles. The Labute approximate surface area is 147 Å². The first-order valence-electron chi connectivity index (χ1n) is 7.87. The molecule has 0 unspecified atom stereocenters. The van der Waals surface area contributed by atoms with Gasteiger partial charge in [-0.2, -0.15) is 0 Å². The van der Waals surface area contributed by atoms with E-state index in [0.29, 0.717) is 17.7 Å². The second-order valence-electron chi connectivity index (χ2n) is 5.42. The molecule has 25 heavy (non-hydrogen) atoms. The van der Waals surface area contributed by atoms with Crippen LogP contribution in [0.15, 0.2) is 53.4 Å². The van der Waals surface area contributed by atoms with Crippen LogP contribution in [0.2, 0.25) is 0 Å². The van der Waals surface area contributed by atoms with Crippen molar-refractivity contribution in [1.29, 1.82) is 0 Å². The number of hydrogen-bond donors (Lipinski definition) is 0. The summed E-state index contributed by atoms with van der Waals surface area (Å²) in [5, 5.41) is 0. The summed E-state index contributed by atoms with van der Waals surface area (Å²) < 4.78 is 44.9. The molecule has 0 aliphatic rings. The number of esters is 1. The minimum atomic E-state index is -3.83. The van der Waals surface area contributed by atoms with Gasteiger partial charge in [0.1, 0.15) is 5.82 Å². The number of anilines is 1. The molecule has 2 aromatic carbocycles. The van der Waals surface area contributed by atoms with Crippen LogP contribution in [0.5, 0.6) is 0 Å². The number of ether oxygens (including phenoxy) is 1. The van der Waals surface area contributed by atoms with E-state index < -0.39 is 21.8 Å². The lowest BCUT2D eigenvalue weighted by molar-refractivity contribution is 0.0600. The number of sulfonamides is 1. The van der Waals surface area contributed by atoms with E-state index in [1.807, 2.05) is 6.92 Å². The Bertz CT molecular complexity index is 817. The number of unbranched alkanes of at least 4 members (excludes halogenated alkanes) is 1. The minimum Gasteiger partial charge on any atom is -0.465 e. The molecule has 0 aliphatic heterocycles. The molecular formula is C18H20FNO4S. The van der Waals surface area contributed by atoms with Crippen LogP contribution in [0.1, 0.15) is 30.1 Å². The number of methoxy groups -OCH3 is 1. The summed E-state index contributed by atoms with van der Waals surface area (Å²) in [4.78, 5) is 11.5. The Morgan fingerprint density at radius 3 is 2.20 bits per heavy atom. The summed E-state index contributed by atoms with van der Waals surface area (Å²) >= 11 is 0. The van der Waals surface area contributed by atoms with E-state index in [4.69, 9.17) is 0 Å². The molecule has 0 heterocycles. The smallest absolute Gasteiger partial charge is 0.337 e. The van der Waals surface area contributed by atoms with Crippen molar-refractivity contribution in [1.82, 2.24) is 0 Å². The fraction of sp³-hybridized carbons (Fsp3) is 0.278. The fourth-order valence-electron chi connectivity index (χ4n) is 2.31. The average molecular weight is 365 g/mol. The number of rotatable bonds is 7. The van der Waals surface area contributed by atoms with E-state index in [1.165, 1.54) is 35.7 Å². The molecule has 134 valence electrons. The zero-order valence-corrected chi connectivity index (χ0v) is 14.9.